The first-order valence-corrected chi connectivity index (χ1v) is 8.64. The summed E-state index contributed by atoms with van der Waals surface area (Å²) in [6.07, 6.45) is 4.21. The Hall–Kier alpha value is -1.06. The number of nitrogens with zero attached hydrogens (tertiary/aromatic N) is 1. The summed E-state index contributed by atoms with van der Waals surface area (Å²) < 4.78 is 0. The van der Waals surface area contributed by atoms with Gasteiger partial charge in [0, 0.05) is 6.92 Å². The molecule has 1 aromatic rings. The highest BCUT2D eigenvalue weighted by molar-refractivity contribution is 5.85. The normalized spacial score (nSPS) is 13.3. The van der Waals surface area contributed by atoms with Crippen LogP contribution in [0.15, 0.2) is 30.3 Å². The van der Waals surface area contributed by atoms with Crippen molar-refractivity contribution in [1.29, 1.82) is 0 Å². The second-order valence-corrected chi connectivity index (χ2v) is 5.97. The number of carbonyl (C=O) groups excluding carboxylic acids is 1. The lowest BCUT2D eigenvalue weighted by Crippen LogP contribution is -2.44. The molecule has 1 N–H and O–H groups in total. The number of rotatable bonds is 10. The summed E-state index contributed by atoms with van der Waals surface area (Å²) in [6, 6.07) is 10.4. The predicted molar refractivity (Wildman–Crippen MR) is 101 cm³/mol. The van der Waals surface area contributed by atoms with E-state index >= 15 is 0 Å². The summed E-state index contributed by atoms with van der Waals surface area (Å²) in [7, 11) is 0. The Bertz CT molecular complexity index is 434. The lowest BCUT2D eigenvalue weighted by Gasteiger charge is -2.34. The Balaban J connectivity index is 0.00000484. The van der Waals surface area contributed by atoms with Crippen molar-refractivity contribution in [3.63, 3.8) is 0 Å². The number of nitrogens with one attached hydrogen (secondary N) is 1. The van der Waals surface area contributed by atoms with Gasteiger partial charge in [-0.3, -0.25) is 4.79 Å². The molecule has 3 nitrogen and oxygen atoms in total. The van der Waals surface area contributed by atoms with E-state index in [1.807, 2.05) is 6.07 Å². The molecule has 1 unspecified atom stereocenters. The number of amides is 1. The first-order valence-electron chi connectivity index (χ1n) is 8.64. The van der Waals surface area contributed by atoms with E-state index in [0.717, 1.165) is 38.9 Å². The Morgan fingerprint density at radius 3 is 2.17 bits per heavy atom. The van der Waals surface area contributed by atoms with Gasteiger partial charge in [0.1, 0.15) is 0 Å². The molecule has 0 spiro atoms. The quantitative estimate of drug-likeness (QED) is 0.642. The molecule has 0 aromatic heterocycles. The van der Waals surface area contributed by atoms with E-state index in [9.17, 15) is 4.79 Å². The third-order valence-corrected chi connectivity index (χ3v) is 4.57. The first-order chi connectivity index (χ1) is 10.6. The molecule has 1 rings (SSSR count). The molecule has 0 aliphatic rings. The standard InChI is InChI=1S/C19H32N2O.ClH/c1-5-19(20-17(4)22,18-13-9-8-10-14-18)15-11-12-16-21(6-2)7-3;/h8-10,13-14H,5-7,11-12,15-16H2,1-4H3,(H,20,22);1H. The van der Waals surface area contributed by atoms with E-state index < -0.39 is 0 Å². The average Bonchev–Trinajstić information content (AvgIpc) is 2.54. The molecular weight excluding hydrogens is 308 g/mol. The summed E-state index contributed by atoms with van der Waals surface area (Å²) in [5.41, 5.74) is 0.992. The molecule has 132 valence electrons. The molecule has 1 aromatic carbocycles. The van der Waals surface area contributed by atoms with Gasteiger partial charge in [-0.15, -0.1) is 12.4 Å². The van der Waals surface area contributed by atoms with Crippen LogP contribution in [0, 0.1) is 0 Å². The van der Waals surface area contributed by atoms with Gasteiger partial charge in [-0.05, 0) is 50.9 Å². The second kappa shape index (κ2) is 11.5. The molecule has 4 heteroatoms. The summed E-state index contributed by atoms with van der Waals surface area (Å²) in [4.78, 5) is 14.2. The van der Waals surface area contributed by atoms with Crippen molar-refractivity contribution in [2.24, 2.45) is 0 Å². The highest BCUT2D eigenvalue weighted by Gasteiger charge is 2.30. The summed E-state index contributed by atoms with van der Waals surface area (Å²) in [6.45, 7) is 11.6. The molecule has 0 saturated carbocycles. The van der Waals surface area contributed by atoms with Gasteiger partial charge < -0.3 is 10.2 Å². The molecule has 0 heterocycles. The minimum Gasteiger partial charge on any atom is -0.347 e. The largest absolute Gasteiger partial charge is 0.347 e. The number of benzene rings is 1. The van der Waals surface area contributed by atoms with Crippen molar-refractivity contribution < 1.29 is 4.79 Å². The Morgan fingerprint density at radius 2 is 1.70 bits per heavy atom. The van der Waals surface area contributed by atoms with E-state index in [-0.39, 0.29) is 23.9 Å². The molecule has 1 amide bonds. The maximum atomic E-state index is 11.7. The van der Waals surface area contributed by atoms with Gasteiger partial charge in [-0.2, -0.15) is 0 Å². The monoisotopic (exact) mass is 340 g/mol. The molecule has 23 heavy (non-hydrogen) atoms. The Labute approximate surface area is 148 Å². The van der Waals surface area contributed by atoms with Crippen LogP contribution < -0.4 is 5.32 Å². The van der Waals surface area contributed by atoms with Gasteiger partial charge in [0.2, 0.25) is 5.91 Å². The topological polar surface area (TPSA) is 32.3 Å². The summed E-state index contributed by atoms with van der Waals surface area (Å²) >= 11 is 0. The third kappa shape index (κ3) is 6.92. The fourth-order valence-corrected chi connectivity index (χ4v) is 3.14. The Kier molecular flexibility index (Phi) is 10.9. The van der Waals surface area contributed by atoms with Crippen LogP contribution in [0.4, 0.5) is 0 Å². The molecule has 0 radical (unpaired) electrons. The zero-order chi connectivity index (χ0) is 16.4. The van der Waals surface area contributed by atoms with Crippen LogP contribution in [-0.4, -0.2) is 30.4 Å². The lowest BCUT2D eigenvalue weighted by molar-refractivity contribution is -0.121. The Morgan fingerprint density at radius 1 is 1.09 bits per heavy atom. The van der Waals surface area contributed by atoms with Crippen molar-refractivity contribution in [3.05, 3.63) is 35.9 Å². The zero-order valence-corrected chi connectivity index (χ0v) is 15.9. The van der Waals surface area contributed by atoms with E-state index in [1.165, 1.54) is 12.0 Å². The molecule has 0 aliphatic carbocycles. The zero-order valence-electron chi connectivity index (χ0n) is 15.1. The third-order valence-electron chi connectivity index (χ3n) is 4.57. The van der Waals surface area contributed by atoms with Crippen LogP contribution >= 0.6 is 12.4 Å². The van der Waals surface area contributed by atoms with Crippen LogP contribution in [-0.2, 0) is 10.3 Å². The van der Waals surface area contributed by atoms with Crippen LogP contribution in [0.25, 0.3) is 0 Å². The van der Waals surface area contributed by atoms with Crippen LogP contribution in [0.5, 0.6) is 0 Å². The molecule has 0 fully saturated rings. The predicted octanol–water partition coefficient (Wildman–Crippen LogP) is 4.36. The fourth-order valence-electron chi connectivity index (χ4n) is 3.14. The maximum Gasteiger partial charge on any atom is 0.217 e. The number of unbranched alkanes of at least 4 members (excludes halogenated alkanes) is 1. The number of carbonyl (C=O) groups is 1. The van der Waals surface area contributed by atoms with Crippen LogP contribution in [0.3, 0.4) is 0 Å². The molecule has 0 bridgehead atoms. The van der Waals surface area contributed by atoms with E-state index in [2.05, 4.69) is 55.3 Å². The van der Waals surface area contributed by atoms with Gasteiger partial charge in [-0.1, -0.05) is 51.1 Å². The summed E-state index contributed by atoms with van der Waals surface area (Å²) in [5.74, 6) is 0.0504. The fraction of sp³-hybridized carbons (Fsp3) is 0.632. The first kappa shape index (κ1) is 21.9. The molecular formula is C19H33ClN2O. The van der Waals surface area contributed by atoms with Crippen molar-refractivity contribution in [2.45, 2.75) is 58.9 Å². The lowest BCUT2D eigenvalue weighted by atomic mass is 9.82. The minimum absolute atomic E-state index is 0. The highest BCUT2D eigenvalue weighted by Crippen LogP contribution is 2.30. The SMILES string of the molecule is CCN(CC)CCCCC(CC)(NC(C)=O)c1ccccc1.Cl. The molecule has 0 saturated heterocycles. The maximum absolute atomic E-state index is 11.7. The summed E-state index contributed by atoms with van der Waals surface area (Å²) in [5, 5.41) is 3.22. The smallest absolute Gasteiger partial charge is 0.217 e. The van der Waals surface area contributed by atoms with Gasteiger partial charge in [-0.25, -0.2) is 0 Å². The van der Waals surface area contributed by atoms with Gasteiger partial charge >= 0.3 is 0 Å². The highest BCUT2D eigenvalue weighted by atomic mass is 35.5. The van der Waals surface area contributed by atoms with Crippen molar-refractivity contribution in [3.8, 4) is 0 Å². The number of hydrogen-bond acceptors (Lipinski definition) is 2. The van der Waals surface area contributed by atoms with E-state index in [0.29, 0.717) is 0 Å². The van der Waals surface area contributed by atoms with Gasteiger partial charge in [0.15, 0.2) is 0 Å². The van der Waals surface area contributed by atoms with Crippen molar-refractivity contribution in [2.75, 3.05) is 19.6 Å². The van der Waals surface area contributed by atoms with E-state index in [1.54, 1.807) is 6.92 Å². The average molecular weight is 341 g/mol. The molecule has 0 aliphatic heterocycles. The van der Waals surface area contributed by atoms with Crippen LogP contribution in [0.2, 0.25) is 0 Å². The van der Waals surface area contributed by atoms with Crippen molar-refractivity contribution >= 4 is 18.3 Å². The van der Waals surface area contributed by atoms with Gasteiger partial charge in [0.25, 0.3) is 0 Å². The van der Waals surface area contributed by atoms with Gasteiger partial charge in [0.05, 0.1) is 5.54 Å². The van der Waals surface area contributed by atoms with Crippen molar-refractivity contribution in [1.82, 2.24) is 10.2 Å². The number of hydrogen-bond donors (Lipinski definition) is 1. The van der Waals surface area contributed by atoms with E-state index in [4.69, 9.17) is 0 Å². The minimum atomic E-state index is -0.226. The van der Waals surface area contributed by atoms with Crippen LogP contribution in [0.1, 0.15) is 58.9 Å². The second-order valence-electron chi connectivity index (χ2n) is 5.97. The molecule has 1 atom stereocenters. The number of halogens is 1.